The summed E-state index contributed by atoms with van der Waals surface area (Å²) in [7, 11) is 3.76. The van der Waals surface area contributed by atoms with Crippen LogP contribution >= 0.6 is 23.2 Å². The molecule has 0 bridgehead atoms. The van der Waals surface area contributed by atoms with Gasteiger partial charge in [0, 0.05) is 29.7 Å². The molecule has 0 unspecified atom stereocenters. The highest BCUT2D eigenvalue weighted by Gasteiger charge is 2.02. The van der Waals surface area contributed by atoms with Gasteiger partial charge in [-0.2, -0.15) is 5.10 Å². The molecule has 2 rings (SSSR count). The minimum atomic E-state index is 0.404. The summed E-state index contributed by atoms with van der Waals surface area (Å²) in [5, 5.41) is 7.15. The third-order valence-corrected chi connectivity index (χ3v) is 3.31. The van der Waals surface area contributed by atoms with E-state index in [-0.39, 0.29) is 0 Å². The van der Waals surface area contributed by atoms with Gasteiger partial charge in [-0.15, -0.1) is 0 Å². The lowest BCUT2D eigenvalue weighted by atomic mass is 10.2. The molecule has 110 valence electrons. The molecule has 0 saturated carbocycles. The Kier molecular flexibility index (Phi) is 5.48. The predicted molar refractivity (Wildman–Crippen MR) is 88.5 cm³/mol. The summed E-state index contributed by atoms with van der Waals surface area (Å²) in [5.74, 6) is 0.781. The number of benzene rings is 2. The lowest BCUT2D eigenvalue weighted by molar-refractivity contribution is 0.306. The molecule has 2 aromatic rings. The van der Waals surface area contributed by atoms with Crippen molar-refractivity contribution in [2.24, 2.45) is 5.10 Å². The zero-order valence-corrected chi connectivity index (χ0v) is 13.4. The molecule has 0 spiro atoms. The van der Waals surface area contributed by atoms with Crippen molar-refractivity contribution in [1.29, 1.82) is 0 Å². The SMILES string of the molecule is CN(C)N=Cc1ccc(OCc2ccc(Cl)cc2Cl)cc1. The fourth-order valence-corrected chi connectivity index (χ4v) is 2.10. The summed E-state index contributed by atoms with van der Waals surface area (Å²) in [6, 6.07) is 13.1. The Morgan fingerprint density at radius 1 is 1.10 bits per heavy atom. The highest BCUT2D eigenvalue weighted by molar-refractivity contribution is 6.35. The number of hydrazone groups is 1. The van der Waals surface area contributed by atoms with E-state index in [9.17, 15) is 0 Å². The van der Waals surface area contributed by atoms with Crippen LogP contribution in [0.25, 0.3) is 0 Å². The van der Waals surface area contributed by atoms with E-state index < -0.39 is 0 Å². The predicted octanol–water partition coefficient (Wildman–Crippen LogP) is 4.47. The third-order valence-electron chi connectivity index (χ3n) is 2.73. The van der Waals surface area contributed by atoms with E-state index in [1.165, 1.54) is 0 Å². The summed E-state index contributed by atoms with van der Waals surface area (Å²) in [5.41, 5.74) is 1.92. The van der Waals surface area contributed by atoms with E-state index in [4.69, 9.17) is 27.9 Å². The third kappa shape index (κ3) is 4.96. The normalized spacial score (nSPS) is 10.9. The molecule has 2 aromatic carbocycles. The number of hydrogen-bond donors (Lipinski definition) is 0. The first kappa shape index (κ1) is 15.7. The molecule has 21 heavy (non-hydrogen) atoms. The Bertz CT molecular complexity index is 625. The average molecular weight is 323 g/mol. The Hall–Kier alpha value is -1.71. The first-order valence-electron chi connectivity index (χ1n) is 6.43. The van der Waals surface area contributed by atoms with Crippen LogP contribution < -0.4 is 4.74 Å². The molecule has 5 heteroatoms. The van der Waals surface area contributed by atoms with Crippen molar-refractivity contribution in [3.63, 3.8) is 0 Å². The highest BCUT2D eigenvalue weighted by atomic mass is 35.5. The van der Waals surface area contributed by atoms with Gasteiger partial charge in [-0.1, -0.05) is 29.3 Å². The Labute approximate surface area is 134 Å². The molecule has 0 heterocycles. The maximum Gasteiger partial charge on any atom is 0.119 e. The molecule has 0 aliphatic rings. The van der Waals surface area contributed by atoms with Gasteiger partial charge in [-0.25, -0.2) is 0 Å². The van der Waals surface area contributed by atoms with E-state index >= 15 is 0 Å². The van der Waals surface area contributed by atoms with E-state index in [1.54, 1.807) is 23.4 Å². The second-order valence-electron chi connectivity index (χ2n) is 4.69. The van der Waals surface area contributed by atoms with Crippen molar-refractivity contribution in [2.45, 2.75) is 6.61 Å². The fraction of sp³-hybridized carbons (Fsp3) is 0.188. The van der Waals surface area contributed by atoms with Crippen molar-refractivity contribution >= 4 is 29.4 Å². The lowest BCUT2D eigenvalue weighted by Gasteiger charge is -2.08. The molecule has 0 atom stereocenters. The van der Waals surface area contributed by atoms with Crippen molar-refractivity contribution < 1.29 is 4.74 Å². The quantitative estimate of drug-likeness (QED) is 0.599. The molecule has 3 nitrogen and oxygen atoms in total. The van der Waals surface area contributed by atoms with E-state index in [1.807, 2.05) is 44.4 Å². The monoisotopic (exact) mass is 322 g/mol. The largest absolute Gasteiger partial charge is 0.489 e. The molecular weight excluding hydrogens is 307 g/mol. The van der Waals surface area contributed by atoms with E-state index in [0.29, 0.717) is 16.7 Å². The summed E-state index contributed by atoms with van der Waals surface area (Å²) >= 11 is 12.0. The number of rotatable bonds is 5. The van der Waals surface area contributed by atoms with Crippen molar-refractivity contribution in [1.82, 2.24) is 5.01 Å². The topological polar surface area (TPSA) is 24.8 Å². The van der Waals surface area contributed by atoms with Crippen LogP contribution in [0.15, 0.2) is 47.6 Å². The number of nitrogens with zero attached hydrogens (tertiary/aromatic N) is 2. The van der Waals surface area contributed by atoms with Crippen LogP contribution in [0.3, 0.4) is 0 Å². The van der Waals surface area contributed by atoms with Gasteiger partial charge in [0.2, 0.25) is 0 Å². The van der Waals surface area contributed by atoms with Gasteiger partial charge in [0.1, 0.15) is 12.4 Å². The van der Waals surface area contributed by atoms with Gasteiger partial charge in [-0.3, -0.25) is 0 Å². The highest BCUT2D eigenvalue weighted by Crippen LogP contribution is 2.22. The molecule has 0 aliphatic heterocycles. The van der Waals surface area contributed by atoms with E-state index in [2.05, 4.69) is 5.10 Å². The average Bonchev–Trinajstić information content (AvgIpc) is 2.45. The minimum absolute atomic E-state index is 0.404. The minimum Gasteiger partial charge on any atom is -0.489 e. The molecular formula is C16H16Cl2N2O. The van der Waals surface area contributed by atoms with Crippen LogP contribution in [-0.2, 0) is 6.61 Å². The van der Waals surface area contributed by atoms with Gasteiger partial charge in [0.25, 0.3) is 0 Å². The smallest absolute Gasteiger partial charge is 0.119 e. The molecule has 0 aliphatic carbocycles. The van der Waals surface area contributed by atoms with Gasteiger partial charge in [0.15, 0.2) is 0 Å². The van der Waals surface area contributed by atoms with Crippen molar-refractivity contribution in [3.8, 4) is 5.75 Å². The lowest BCUT2D eigenvalue weighted by Crippen LogP contribution is -2.01. The van der Waals surface area contributed by atoms with E-state index in [0.717, 1.165) is 16.9 Å². The van der Waals surface area contributed by atoms with Crippen LogP contribution in [0.2, 0.25) is 10.0 Å². The summed E-state index contributed by atoms with van der Waals surface area (Å²) < 4.78 is 5.71. The summed E-state index contributed by atoms with van der Waals surface area (Å²) in [6.45, 7) is 0.404. The standard InChI is InChI=1S/C16H16Cl2N2O/c1-20(2)19-10-12-3-7-15(8-4-12)21-11-13-5-6-14(17)9-16(13)18/h3-10H,11H2,1-2H3. The zero-order valence-electron chi connectivity index (χ0n) is 11.9. The van der Waals surface area contributed by atoms with Crippen molar-refractivity contribution in [3.05, 3.63) is 63.6 Å². The Balaban J connectivity index is 1.97. The van der Waals surface area contributed by atoms with Crippen LogP contribution in [0.1, 0.15) is 11.1 Å². The molecule has 0 fully saturated rings. The van der Waals surface area contributed by atoms with Crippen LogP contribution in [0.5, 0.6) is 5.75 Å². The van der Waals surface area contributed by atoms with Gasteiger partial charge in [-0.05, 0) is 42.0 Å². The molecule has 0 amide bonds. The first-order chi connectivity index (χ1) is 10.0. The molecule has 0 saturated heterocycles. The molecule has 0 aromatic heterocycles. The fourth-order valence-electron chi connectivity index (χ4n) is 1.63. The first-order valence-corrected chi connectivity index (χ1v) is 7.18. The molecule has 0 radical (unpaired) electrons. The second-order valence-corrected chi connectivity index (χ2v) is 5.53. The van der Waals surface area contributed by atoms with Crippen LogP contribution in [-0.4, -0.2) is 25.3 Å². The van der Waals surface area contributed by atoms with Gasteiger partial charge >= 0.3 is 0 Å². The van der Waals surface area contributed by atoms with Crippen molar-refractivity contribution in [2.75, 3.05) is 14.1 Å². The Morgan fingerprint density at radius 3 is 2.43 bits per heavy atom. The maximum absolute atomic E-state index is 6.11. The Morgan fingerprint density at radius 2 is 1.81 bits per heavy atom. The maximum atomic E-state index is 6.11. The van der Waals surface area contributed by atoms with Gasteiger partial charge in [0.05, 0.1) is 6.21 Å². The summed E-state index contributed by atoms with van der Waals surface area (Å²) in [4.78, 5) is 0. The number of ether oxygens (including phenoxy) is 1. The second kappa shape index (κ2) is 7.34. The zero-order chi connectivity index (χ0) is 15.2. The van der Waals surface area contributed by atoms with Gasteiger partial charge < -0.3 is 9.75 Å². The van der Waals surface area contributed by atoms with Crippen LogP contribution in [0, 0.1) is 0 Å². The summed E-state index contributed by atoms with van der Waals surface area (Å²) in [6.07, 6.45) is 1.79. The molecule has 0 N–H and O–H groups in total. The number of halogens is 2. The number of hydrogen-bond acceptors (Lipinski definition) is 3. The van der Waals surface area contributed by atoms with Crippen LogP contribution in [0.4, 0.5) is 0 Å².